The number of hydrogen-bond acceptors (Lipinski definition) is 3. The number of aromatic nitrogens is 1. The fourth-order valence-electron chi connectivity index (χ4n) is 3.09. The van der Waals surface area contributed by atoms with E-state index in [2.05, 4.69) is 22.4 Å². The molecule has 1 unspecified atom stereocenters. The van der Waals surface area contributed by atoms with Crippen LogP contribution in [0, 0.1) is 5.92 Å². The van der Waals surface area contributed by atoms with E-state index < -0.39 is 0 Å². The van der Waals surface area contributed by atoms with Gasteiger partial charge in [0.15, 0.2) is 0 Å². The molecule has 1 aliphatic rings. The molecule has 2 heterocycles. The van der Waals surface area contributed by atoms with Gasteiger partial charge >= 0.3 is 0 Å². The minimum atomic E-state index is 0.0643. The number of carbonyl (C=O) groups is 1. The van der Waals surface area contributed by atoms with Crippen molar-refractivity contribution in [3.8, 4) is 0 Å². The van der Waals surface area contributed by atoms with Gasteiger partial charge in [-0.3, -0.25) is 4.79 Å². The Morgan fingerprint density at radius 1 is 1.32 bits per heavy atom. The lowest BCUT2D eigenvalue weighted by molar-refractivity contribution is -0.135. The van der Waals surface area contributed by atoms with Crippen LogP contribution in [-0.2, 0) is 4.79 Å². The molecular weight excluding hydrogens is 274 g/mol. The van der Waals surface area contributed by atoms with Crippen molar-refractivity contribution in [2.24, 2.45) is 5.92 Å². The van der Waals surface area contributed by atoms with E-state index in [0.29, 0.717) is 0 Å². The predicted molar refractivity (Wildman–Crippen MR) is 89.8 cm³/mol. The fraction of sp³-hybridized carbons (Fsp3) is 0.444. The number of nitrogens with zero attached hydrogens (tertiary/aromatic N) is 2. The van der Waals surface area contributed by atoms with Crippen LogP contribution in [0.3, 0.4) is 0 Å². The van der Waals surface area contributed by atoms with Crippen molar-refractivity contribution in [3.63, 3.8) is 0 Å². The average molecular weight is 297 g/mol. The monoisotopic (exact) mass is 297 g/mol. The molecule has 1 atom stereocenters. The van der Waals surface area contributed by atoms with Gasteiger partial charge in [-0.05, 0) is 24.3 Å². The van der Waals surface area contributed by atoms with Crippen LogP contribution in [0.5, 0.6) is 0 Å². The van der Waals surface area contributed by atoms with Gasteiger partial charge in [-0.2, -0.15) is 0 Å². The Bertz CT molecular complexity index is 663. The third kappa shape index (κ3) is 3.06. The van der Waals surface area contributed by atoms with Gasteiger partial charge in [-0.25, -0.2) is 4.98 Å². The molecule has 0 radical (unpaired) electrons. The molecule has 3 rings (SSSR count). The number of carbonyl (C=O) groups excluding carboxylic acids is 1. The second-order valence-electron chi connectivity index (χ2n) is 6.30. The van der Waals surface area contributed by atoms with Crippen LogP contribution in [-0.4, -0.2) is 34.9 Å². The van der Waals surface area contributed by atoms with E-state index in [1.165, 1.54) is 5.39 Å². The van der Waals surface area contributed by atoms with Gasteiger partial charge in [-0.15, -0.1) is 0 Å². The van der Waals surface area contributed by atoms with E-state index in [9.17, 15) is 4.79 Å². The molecule has 0 bridgehead atoms. The Kier molecular flexibility index (Phi) is 4.27. The molecule has 0 spiro atoms. The van der Waals surface area contributed by atoms with Crippen LogP contribution in [0.2, 0.25) is 0 Å². The maximum atomic E-state index is 12.2. The number of rotatable bonds is 3. The Morgan fingerprint density at radius 3 is 2.95 bits per heavy atom. The fourth-order valence-corrected chi connectivity index (χ4v) is 3.09. The first-order valence-corrected chi connectivity index (χ1v) is 8.04. The van der Waals surface area contributed by atoms with Crippen molar-refractivity contribution >= 4 is 22.5 Å². The van der Waals surface area contributed by atoms with Gasteiger partial charge < -0.3 is 10.2 Å². The molecule has 0 saturated carbocycles. The quantitative estimate of drug-likeness (QED) is 0.945. The van der Waals surface area contributed by atoms with Crippen molar-refractivity contribution < 1.29 is 4.79 Å². The van der Waals surface area contributed by atoms with Crippen LogP contribution >= 0.6 is 0 Å². The molecule has 1 N–H and O–H groups in total. The number of pyridine rings is 1. The summed E-state index contributed by atoms with van der Waals surface area (Å²) in [5.74, 6) is 1.23. The average Bonchev–Trinajstić information content (AvgIpc) is 2.55. The Labute approximate surface area is 131 Å². The number of benzene rings is 1. The van der Waals surface area contributed by atoms with E-state index in [1.807, 2.05) is 43.1 Å². The topological polar surface area (TPSA) is 45.2 Å². The molecule has 4 nitrogen and oxygen atoms in total. The van der Waals surface area contributed by atoms with Gasteiger partial charge in [0.25, 0.3) is 0 Å². The van der Waals surface area contributed by atoms with Crippen LogP contribution in [0.15, 0.2) is 36.5 Å². The Balaban J connectivity index is 1.76. The van der Waals surface area contributed by atoms with E-state index in [-0.39, 0.29) is 17.9 Å². The van der Waals surface area contributed by atoms with Crippen molar-refractivity contribution in [1.82, 2.24) is 9.88 Å². The number of fused-ring (bicyclic) bond motifs is 1. The second kappa shape index (κ2) is 6.34. The highest BCUT2D eigenvalue weighted by molar-refractivity contribution is 5.91. The number of nitrogens with one attached hydrogen (secondary N) is 1. The third-order valence-corrected chi connectivity index (χ3v) is 4.24. The number of piperidine rings is 1. The zero-order valence-electron chi connectivity index (χ0n) is 13.2. The van der Waals surface area contributed by atoms with Gasteiger partial charge in [-0.1, -0.05) is 38.1 Å². The summed E-state index contributed by atoms with van der Waals surface area (Å²) in [7, 11) is 0. The Morgan fingerprint density at radius 2 is 2.14 bits per heavy atom. The number of hydrogen-bond donors (Lipinski definition) is 1. The molecule has 1 fully saturated rings. The standard InChI is InChI=1S/C18H23N3O/c1-13(2)18(22)21-11-5-7-15(12-21)20-17-16-8-4-3-6-14(16)9-10-19-17/h3-4,6,8-10,13,15H,5,7,11-12H2,1-2H3,(H,19,20). The highest BCUT2D eigenvalue weighted by atomic mass is 16.2. The minimum absolute atomic E-state index is 0.0643. The Hall–Kier alpha value is -2.10. The number of likely N-dealkylation sites (tertiary alicyclic amines) is 1. The molecule has 1 aromatic heterocycles. The zero-order valence-corrected chi connectivity index (χ0v) is 13.2. The smallest absolute Gasteiger partial charge is 0.225 e. The molecule has 2 aromatic rings. The summed E-state index contributed by atoms with van der Waals surface area (Å²) in [6, 6.07) is 10.5. The molecule has 1 aliphatic heterocycles. The van der Waals surface area contributed by atoms with E-state index in [1.54, 1.807) is 0 Å². The first-order chi connectivity index (χ1) is 10.6. The molecule has 1 amide bonds. The van der Waals surface area contributed by atoms with Crippen LogP contribution in [0.25, 0.3) is 10.8 Å². The van der Waals surface area contributed by atoms with Crippen molar-refractivity contribution in [2.45, 2.75) is 32.7 Å². The predicted octanol–water partition coefficient (Wildman–Crippen LogP) is 3.29. The zero-order chi connectivity index (χ0) is 15.5. The van der Waals surface area contributed by atoms with E-state index in [4.69, 9.17) is 0 Å². The van der Waals surface area contributed by atoms with E-state index >= 15 is 0 Å². The highest BCUT2D eigenvalue weighted by Crippen LogP contribution is 2.23. The third-order valence-electron chi connectivity index (χ3n) is 4.24. The van der Waals surface area contributed by atoms with E-state index in [0.717, 1.165) is 37.1 Å². The first kappa shape index (κ1) is 14.8. The van der Waals surface area contributed by atoms with Crippen LogP contribution in [0.4, 0.5) is 5.82 Å². The van der Waals surface area contributed by atoms with Crippen molar-refractivity contribution in [2.75, 3.05) is 18.4 Å². The van der Waals surface area contributed by atoms with Gasteiger partial charge in [0, 0.05) is 36.6 Å². The number of amides is 1. The summed E-state index contributed by atoms with van der Waals surface area (Å²) in [5, 5.41) is 5.87. The lowest BCUT2D eigenvalue weighted by atomic mass is 10.0. The molecular formula is C18H23N3O. The summed E-state index contributed by atoms with van der Waals surface area (Å²) >= 11 is 0. The maximum Gasteiger partial charge on any atom is 0.225 e. The van der Waals surface area contributed by atoms with Crippen LogP contribution in [0.1, 0.15) is 26.7 Å². The molecule has 116 valence electrons. The molecule has 1 saturated heterocycles. The van der Waals surface area contributed by atoms with Gasteiger partial charge in [0.2, 0.25) is 5.91 Å². The van der Waals surface area contributed by atoms with Crippen LogP contribution < -0.4 is 5.32 Å². The summed E-state index contributed by atoms with van der Waals surface area (Å²) in [4.78, 5) is 18.7. The molecule has 1 aromatic carbocycles. The van der Waals surface area contributed by atoms with Crippen molar-refractivity contribution in [1.29, 1.82) is 0 Å². The maximum absolute atomic E-state index is 12.2. The SMILES string of the molecule is CC(C)C(=O)N1CCCC(Nc2nccc3ccccc23)C1. The largest absolute Gasteiger partial charge is 0.365 e. The first-order valence-electron chi connectivity index (χ1n) is 8.04. The summed E-state index contributed by atoms with van der Waals surface area (Å²) in [6.07, 6.45) is 3.96. The summed E-state index contributed by atoms with van der Waals surface area (Å²) in [6.45, 7) is 5.57. The lowest BCUT2D eigenvalue weighted by Gasteiger charge is -2.34. The molecule has 4 heteroatoms. The van der Waals surface area contributed by atoms with Crippen molar-refractivity contribution in [3.05, 3.63) is 36.5 Å². The summed E-state index contributed by atoms with van der Waals surface area (Å²) in [5.41, 5.74) is 0. The van der Waals surface area contributed by atoms with Gasteiger partial charge in [0.05, 0.1) is 0 Å². The number of anilines is 1. The highest BCUT2D eigenvalue weighted by Gasteiger charge is 2.25. The van der Waals surface area contributed by atoms with Gasteiger partial charge in [0.1, 0.15) is 5.82 Å². The lowest BCUT2D eigenvalue weighted by Crippen LogP contribution is -2.46. The second-order valence-corrected chi connectivity index (χ2v) is 6.30. The minimum Gasteiger partial charge on any atom is -0.365 e. The molecule has 22 heavy (non-hydrogen) atoms. The normalized spacial score (nSPS) is 18.7. The molecule has 0 aliphatic carbocycles. The summed E-state index contributed by atoms with van der Waals surface area (Å²) < 4.78 is 0.